The highest BCUT2D eigenvalue weighted by Crippen LogP contribution is 2.29. The molecular formula is C20H18F2N4. The van der Waals surface area contributed by atoms with Crippen LogP contribution >= 0.6 is 0 Å². The van der Waals surface area contributed by atoms with Crippen LogP contribution in [0, 0.1) is 11.6 Å². The molecule has 0 saturated carbocycles. The maximum atomic E-state index is 13.4. The third kappa shape index (κ3) is 3.46. The number of aromatic nitrogens is 3. The van der Waals surface area contributed by atoms with Crippen molar-refractivity contribution in [3.05, 3.63) is 77.4 Å². The Kier molecular flexibility index (Phi) is 4.67. The van der Waals surface area contributed by atoms with Gasteiger partial charge in [0.2, 0.25) is 0 Å². The van der Waals surface area contributed by atoms with Crippen molar-refractivity contribution in [2.75, 3.05) is 0 Å². The molecule has 4 rings (SSSR count). The van der Waals surface area contributed by atoms with Crippen molar-refractivity contribution >= 4 is 0 Å². The summed E-state index contributed by atoms with van der Waals surface area (Å²) < 4.78 is 26.4. The van der Waals surface area contributed by atoms with Gasteiger partial charge in [-0.2, -0.15) is 0 Å². The number of hydrogen-bond acceptors (Lipinski definition) is 4. The maximum Gasteiger partial charge on any atom is 0.160 e. The van der Waals surface area contributed by atoms with E-state index in [0.717, 1.165) is 42.1 Å². The highest BCUT2D eigenvalue weighted by Gasteiger charge is 2.22. The van der Waals surface area contributed by atoms with Crippen LogP contribution in [0.25, 0.3) is 11.4 Å². The zero-order valence-electron chi connectivity index (χ0n) is 14.1. The standard InChI is InChI=1S/C20H18F2N4/c21-16-7-6-13(9-17(16)22)10-24-18-4-1-5-19-15(18)12-25-20(26-19)14-3-2-8-23-11-14/h2-3,6-9,11-12,18,24H,1,4-5,10H2/t18-/m0/s1. The molecule has 4 nitrogen and oxygen atoms in total. The predicted octanol–water partition coefficient (Wildman–Crippen LogP) is 3.98. The second-order valence-corrected chi connectivity index (χ2v) is 6.41. The Hall–Kier alpha value is -2.73. The number of rotatable bonds is 4. The molecule has 2 heterocycles. The first-order valence-electron chi connectivity index (χ1n) is 8.64. The highest BCUT2D eigenvalue weighted by atomic mass is 19.2. The average molecular weight is 352 g/mol. The smallest absolute Gasteiger partial charge is 0.160 e. The highest BCUT2D eigenvalue weighted by molar-refractivity contribution is 5.53. The summed E-state index contributed by atoms with van der Waals surface area (Å²) in [7, 11) is 0. The number of fused-ring (bicyclic) bond motifs is 1. The summed E-state index contributed by atoms with van der Waals surface area (Å²) in [5.74, 6) is -0.969. The van der Waals surface area contributed by atoms with Crippen LogP contribution in [0.15, 0.2) is 48.9 Å². The monoisotopic (exact) mass is 352 g/mol. The molecule has 3 aromatic rings. The lowest BCUT2D eigenvalue weighted by molar-refractivity contribution is 0.450. The lowest BCUT2D eigenvalue weighted by Gasteiger charge is -2.25. The van der Waals surface area contributed by atoms with Crippen molar-refractivity contribution in [2.24, 2.45) is 0 Å². The Morgan fingerprint density at radius 2 is 2.04 bits per heavy atom. The molecular weight excluding hydrogens is 334 g/mol. The second kappa shape index (κ2) is 7.25. The van der Waals surface area contributed by atoms with E-state index in [9.17, 15) is 8.78 Å². The van der Waals surface area contributed by atoms with Crippen molar-refractivity contribution in [1.29, 1.82) is 0 Å². The Morgan fingerprint density at radius 1 is 1.12 bits per heavy atom. The van der Waals surface area contributed by atoms with Crippen molar-refractivity contribution in [3.8, 4) is 11.4 Å². The lowest BCUT2D eigenvalue weighted by atomic mass is 9.92. The van der Waals surface area contributed by atoms with Gasteiger partial charge in [0.05, 0.1) is 0 Å². The number of nitrogens with zero attached hydrogens (tertiary/aromatic N) is 3. The van der Waals surface area contributed by atoms with Crippen LogP contribution in [0.2, 0.25) is 0 Å². The molecule has 2 aromatic heterocycles. The molecule has 0 bridgehead atoms. The molecule has 26 heavy (non-hydrogen) atoms. The van der Waals surface area contributed by atoms with E-state index in [1.807, 2.05) is 18.3 Å². The first-order chi connectivity index (χ1) is 12.7. The number of nitrogens with one attached hydrogen (secondary N) is 1. The Labute approximate surface area is 150 Å². The molecule has 1 aliphatic carbocycles. The molecule has 1 aliphatic rings. The van der Waals surface area contributed by atoms with Gasteiger partial charge < -0.3 is 5.32 Å². The molecule has 0 fully saturated rings. The van der Waals surface area contributed by atoms with E-state index in [1.54, 1.807) is 18.5 Å². The van der Waals surface area contributed by atoms with Gasteiger partial charge in [-0.05, 0) is 49.1 Å². The number of benzene rings is 1. The summed E-state index contributed by atoms with van der Waals surface area (Å²) in [4.78, 5) is 13.3. The number of pyridine rings is 1. The normalized spacial score (nSPS) is 16.3. The first-order valence-corrected chi connectivity index (χ1v) is 8.64. The molecule has 0 spiro atoms. The first kappa shape index (κ1) is 16.7. The minimum atomic E-state index is -0.826. The van der Waals surface area contributed by atoms with E-state index in [2.05, 4.69) is 15.3 Å². The van der Waals surface area contributed by atoms with E-state index >= 15 is 0 Å². The summed E-state index contributed by atoms with van der Waals surface area (Å²) >= 11 is 0. The van der Waals surface area contributed by atoms with Crippen molar-refractivity contribution in [1.82, 2.24) is 20.3 Å². The van der Waals surface area contributed by atoms with Gasteiger partial charge in [0.15, 0.2) is 17.5 Å². The fourth-order valence-corrected chi connectivity index (χ4v) is 3.28. The van der Waals surface area contributed by atoms with Crippen molar-refractivity contribution in [3.63, 3.8) is 0 Å². The SMILES string of the molecule is Fc1ccc(CN[C@H]2CCCc3nc(-c4cccnc4)ncc32)cc1F. The molecule has 1 atom stereocenters. The number of halogens is 2. The minimum absolute atomic E-state index is 0.106. The number of aryl methyl sites for hydroxylation is 1. The fourth-order valence-electron chi connectivity index (χ4n) is 3.28. The van der Waals surface area contributed by atoms with Crippen molar-refractivity contribution in [2.45, 2.75) is 31.8 Å². The van der Waals surface area contributed by atoms with E-state index in [4.69, 9.17) is 4.98 Å². The fraction of sp³-hybridized carbons (Fsp3) is 0.250. The zero-order chi connectivity index (χ0) is 17.9. The van der Waals surface area contributed by atoms with Crippen LogP contribution in [0.5, 0.6) is 0 Å². The average Bonchev–Trinajstić information content (AvgIpc) is 2.69. The molecule has 0 amide bonds. The third-order valence-corrected chi connectivity index (χ3v) is 4.64. The van der Waals surface area contributed by atoms with E-state index in [0.29, 0.717) is 17.9 Å². The maximum absolute atomic E-state index is 13.4. The second-order valence-electron chi connectivity index (χ2n) is 6.41. The van der Waals surface area contributed by atoms with E-state index < -0.39 is 11.6 Å². The summed E-state index contributed by atoms with van der Waals surface area (Å²) in [6.07, 6.45) is 8.24. The van der Waals surface area contributed by atoms with E-state index in [1.165, 1.54) is 6.07 Å². The van der Waals surface area contributed by atoms with Crippen LogP contribution in [-0.2, 0) is 13.0 Å². The molecule has 0 aliphatic heterocycles. The van der Waals surface area contributed by atoms with Gasteiger partial charge in [0.25, 0.3) is 0 Å². The zero-order valence-corrected chi connectivity index (χ0v) is 14.1. The molecule has 132 valence electrons. The molecule has 0 radical (unpaired) electrons. The predicted molar refractivity (Wildman–Crippen MR) is 94.1 cm³/mol. The Morgan fingerprint density at radius 3 is 2.85 bits per heavy atom. The van der Waals surface area contributed by atoms with Gasteiger partial charge in [-0.3, -0.25) is 4.98 Å². The van der Waals surface area contributed by atoms with Gasteiger partial charge in [-0.25, -0.2) is 18.7 Å². The molecule has 6 heteroatoms. The molecule has 0 saturated heterocycles. The summed E-state index contributed by atoms with van der Waals surface area (Å²) in [6, 6.07) is 7.89. The van der Waals surface area contributed by atoms with Crippen molar-refractivity contribution < 1.29 is 8.78 Å². The van der Waals surface area contributed by atoms with Gasteiger partial charge in [0, 0.05) is 48.0 Å². The van der Waals surface area contributed by atoms with Gasteiger partial charge in [0.1, 0.15) is 0 Å². The van der Waals surface area contributed by atoms with Gasteiger partial charge in [-0.15, -0.1) is 0 Å². The largest absolute Gasteiger partial charge is 0.306 e. The molecule has 1 aromatic carbocycles. The molecule has 0 unspecified atom stereocenters. The summed E-state index contributed by atoms with van der Waals surface area (Å²) in [6.45, 7) is 0.464. The Bertz CT molecular complexity index is 915. The Balaban J connectivity index is 1.52. The van der Waals surface area contributed by atoms with E-state index in [-0.39, 0.29) is 6.04 Å². The van der Waals surface area contributed by atoms with Gasteiger partial charge in [-0.1, -0.05) is 6.07 Å². The van der Waals surface area contributed by atoms with Crippen LogP contribution in [0.4, 0.5) is 8.78 Å². The van der Waals surface area contributed by atoms with Crippen LogP contribution in [0.3, 0.4) is 0 Å². The third-order valence-electron chi connectivity index (χ3n) is 4.64. The van der Waals surface area contributed by atoms with Crippen LogP contribution in [-0.4, -0.2) is 15.0 Å². The lowest BCUT2D eigenvalue weighted by Crippen LogP contribution is -2.26. The topological polar surface area (TPSA) is 50.7 Å². The summed E-state index contributed by atoms with van der Waals surface area (Å²) in [5.41, 5.74) is 3.72. The quantitative estimate of drug-likeness (QED) is 0.772. The number of hydrogen-bond donors (Lipinski definition) is 1. The summed E-state index contributed by atoms with van der Waals surface area (Å²) in [5, 5.41) is 3.42. The minimum Gasteiger partial charge on any atom is -0.306 e. The van der Waals surface area contributed by atoms with Gasteiger partial charge >= 0.3 is 0 Å². The molecule has 1 N–H and O–H groups in total. The van der Waals surface area contributed by atoms with Crippen LogP contribution in [0.1, 0.15) is 35.7 Å². The van der Waals surface area contributed by atoms with Crippen LogP contribution < -0.4 is 5.32 Å².